The van der Waals surface area contributed by atoms with Gasteiger partial charge in [-0.3, -0.25) is 0 Å². The molecule has 5 heteroatoms. The van der Waals surface area contributed by atoms with Crippen LogP contribution >= 0.6 is 0 Å². The van der Waals surface area contributed by atoms with E-state index >= 15 is 0 Å². The molecule has 106 valence electrons. The van der Waals surface area contributed by atoms with Gasteiger partial charge in [-0.15, -0.1) is 0 Å². The lowest BCUT2D eigenvalue weighted by Gasteiger charge is -2.12. The number of phenolic OH excluding ortho intramolecular Hbond substituents is 1. The molecule has 1 atom stereocenters. The third kappa shape index (κ3) is 3.31. The number of benzene rings is 2. The van der Waals surface area contributed by atoms with Crippen LogP contribution in [0.25, 0.3) is 0 Å². The van der Waals surface area contributed by atoms with E-state index in [4.69, 9.17) is 14.7 Å². The summed E-state index contributed by atoms with van der Waals surface area (Å²) in [6.07, 6.45) is -1.10. The van der Waals surface area contributed by atoms with Gasteiger partial charge in [0.25, 0.3) is 0 Å². The molecule has 0 fully saturated rings. The maximum atomic E-state index is 11.9. The fourth-order valence-electron chi connectivity index (χ4n) is 1.79. The molecule has 2 aromatic carbocycles. The van der Waals surface area contributed by atoms with Crippen molar-refractivity contribution in [1.29, 1.82) is 5.26 Å². The number of carbonyl (C=O) groups is 1. The summed E-state index contributed by atoms with van der Waals surface area (Å²) in [5.74, 6) is -0.437. The largest absolute Gasteiger partial charge is 0.504 e. The van der Waals surface area contributed by atoms with Crippen LogP contribution in [-0.2, 0) is 4.74 Å². The Bertz CT molecular complexity index is 676. The SMILES string of the molecule is COc1ccc(C(C#N)OC(=O)c2ccccc2)cc1O. The van der Waals surface area contributed by atoms with Gasteiger partial charge in [0.1, 0.15) is 6.07 Å². The van der Waals surface area contributed by atoms with Crippen LogP contribution in [0.15, 0.2) is 48.5 Å². The van der Waals surface area contributed by atoms with Gasteiger partial charge in [-0.25, -0.2) is 4.79 Å². The fourth-order valence-corrected chi connectivity index (χ4v) is 1.79. The first kappa shape index (κ1) is 14.4. The quantitative estimate of drug-likeness (QED) is 0.873. The average Bonchev–Trinajstić information content (AvgIpc) is 2.53. The minimum atomic E-state index is -1.10. The first-order valence-corrected chi connectivity index (χ1v) is 6.18. The van der Waals surface area contributed by atoms with Crippen molar-refractivity contribution in [1.82, 2.24) is 0 Å². The maximum Gasteiger partial charge on any atom is 0.339 e. The molecule has 2 aromatic rings. The molecule has 0 heterocycles. The molecule has 0 amide bonds. The molecule has 0 aliphatic heterocycles. The van der Waals surface area contributed by atoms with Crippen molar-refractivity contribution in [2.24, 2.45) is 0 Å². The van der Waals surface area contributed by atoms with E-state index in [1.807, 2.05) is 6.07 Å². The molecule has 21 heavy (non-hydrogen) atoms. The molecule has 0 saturated heterocycles. The summed E-state index contributed by atoms with van der Waals surface area (Å²) >= 11 is 0. The number of rotatable bonds is 4. The van der Waals surface area contributed by atoms with Gasteiger partial charge in [0, 0.05) is 5.56 Å². The fraction of sp³-hybridized carbons (Fsp3) is 0.125. The van der Waals surface area contributed by atoms with E-state index in [-0.39, 0.29) is 11.5 Å². The monoisotopic (exact) mass is 283 g/mol. The number of nitrogens with zero attached hydrogens (tertiary/aromatic N) is 1. The molecule has 0 aliphatic carbocycles. The van der Waals surface area contributed by atoms with Crippen LogP contribution in [0.3, 0.4) is 0 Å². The van der Waals surface area contributed by atoms with Crippen molar-refractivity contribution in [3.63, 3.8) is 0 Å². The Morgan fingerprint density at radius 1 is 1.24 bits per heavy atom. The third-order valence-corrected chi connectivity index (χ3v) is 2.86. The summed E-state index contributed by atoms with van der Waals surface area (Å²) in [6, 6.07) is 14.7. The van der Waals surface area contributed by atoms with E-state index in [1.165, 1.54) is 19.2 Å². The first-order valence-electron chi connectivity index (χ1n) is 6.18. The lowest BCUT2D eigenvalue weighted by Crippen LogP contribution is -2.10. The highest BCUT2D eigenvalue weighted by molar-refractivity contribution is 5.89. The smallest absolute Gasteiger partial charge is 0.339 e. The topological polar surface area (TPSA) is 79.5 Å². The Labute approximate surface area is 122 Å². The molecule has 0 bridgehead atoms. The van der Waals surface area contributed by atoms with Crippen molar-refractivity contribution in [3.8, 4) is 17.6 Å². The second-order valence-corrected chi connectivity index (χ2v) is 4.21. The molecule has 5 nitrogen and oxygen atoms in total. The number of aromatic hydroxyl groups is 1. The zero-order valence-corrected chi connectivity index (χ0v) is 11.3. The number of ether oxygens (including phenoxy) is 2. The van der Waals surface area contributed by atoms with E-state index in [1.54, 1.807) is 36.4 Å². The van der Waals surface area contributed by atoms with Crippen LogP contribution in [0.5, 0.6) is 11.5 Å². The molecule has 0 spiro atoms. The lowest BCUT2D eigenvalue weighted by molar-refractivity contribution is 0.0403. The Balaban J connectivity index is 2.19. The summed E-state index contributed by atoms with van der Waals surface area (Å²) in [7, 11) is 1.42. The van der Waals surface area contributed by atoms with Gasteiger partial charge in [-0.2, -0.15) is 5.26 Å². The summed E-state index contributed by atoms with van der Waals surface area (Å²) in [4.78, 5) is 11.9. The predicted molar refractivity (Wildman–Crippen MR) is 74.9 cm³/mol. The van der Waals surface area contributed by atoms with Crippen molar-refractivity contribution in [2.75, 3.05) is 7.11 Å². The van der Waals surface area contributed by atoms with Gasteiger partial charge in [0.2, 0.25) is 6.10 Å². The Morgan fingerprint density at radius 2 is 1.95 bits per heavy atom. The minimum absolute atomic E-state index is 0.119. The molecular formula is C16H13NO4. The van der Waals surface area contributed by atoms with Crippen LogP contribution < -0.4 is 4.74 Å². The molecule has 2 rings (SSSR count). The normalized spacial score (nSPS) is 11.2. The second kappa shape index (κ2) is 6.44. The highest BCUT2D eigenvalue weighted by Gasteiger charge is 2.18. The van der Waals surface area contributed by atoms with E-state index < -0.39 is 12.1 Å². The van der Waals surface area contributed by atoms with Crippen LogP contribution in [0.4, 0.5) is 0 Å². The van der Waals surface area contributed by atoms with E-state index in [0.29, 0.717) is 11.1 Å². The number of carbonyl (C=O) groups excluding carboxylic acids is 1. The second-order valence-electron chi connectivity index (χ2n) is 4.21. The number of hydrogen-bond acceptors (Lipinski definition) is 5. The van der Waals surface area contributed by atoms with Crippen molar-refractivity contribution in [3.05, 3.63) is 59.7 Å². The van der Waals surface area contributed by atoms with Crippen molar-refractivity contribution < 1.29 is 19.4 Å². The molecular weight excluding hydrogens is 270 g/mol. The van der Waals surface area contributed by atoms with Gasteiger partial charge in [0.05, 0.1) is 12.7 Å². The van der Waals surface area contributed by atoms with Crippen LogP contribution in [-0.4, -0.2) is 18.2 Å². The van der Waals surface area contributed by atoms with Gasteiger partial charge in [0.15, 0.2) is 11.5 Å². The zero-order chi connectivity index (χ0) is 15.2. The average molecular weight is 283 g/mol. The molecule has 1 N–H and O–H groups in total. The molecule has 0 saturated carbocycles. The van der Waals surface area contributed by atoms with Crippen molar-refractivity contribution in [2.45, 2.75) is 6.10 Å². The number of esters is 1. The summed E-state index contributed by atoms with van der Waals surface area (Å²) < 4.78 is 10.1. The maximum absolute atomic E-state index is 11.9. The molecule has 0 aliphatic rings. The van der Waals surface area contributed by atoms with Crippen LogP contribution in [0.2, 0.25) is 0 Å². The summed E-state index contributed by atoms with van der Waals surface area (Å²) in [5, 5.41) is 18.9. The van der Waals surface area contributed by atoms with Gasteiger partial charge < -0.3 is 14.6 Å². The van der Waals surface area contributed by atoms with E-state index in [2.05, 4.69) is 0 Å². The third-order valence-electron chi connectivity index (χ3n) is 2.86. The number of nitriles is 1. The van der Waals surface area contributed by atoms with E-state index in [0.717, 1.165) is 0 Å². The van der Waals surface area contributed by atoms with Crippen LogP contribution in [0, 0.1) is 11.3 Å². The van der Waals surface area contributed by atoms with Crippen LogP contribution in [0.1, 0.15) is 22.0 Å². The molecule has 1 unspecified atom stereocenters. The highest BCUT2D eigenvalue weighted by atomic mass is 16.5. The number of methoxy groups -OCH3 is 1. The Kier molecular flexibility index (Phi) is 4.42. The van der Waals surface area contributed by atoms with E-state index in [9.17, 15) is 9.90 Å². The number of phenols is 1. The van der Waals surface area contributed by atoms with Crippen molar-refractivity contribution >= 4 is 5.97 Å². The van der Waals surface area contributed by atoms with Gasteiger partial charge in [-0.1, -0.05) is 24.3 Å². The summed E-state index contributed by atoms with van der Waals surface area (Å²) in [6.45, 7) is 0. The minimum Gasteiger partial charge on any atom is -0.504 e. The van der Waals surface area contributed by atoms with Gasteiger partial charge in [-0.05, 0) is 24.3 Å². The predicted octanol–water partition coefficient (Wildman–Crippen LogP) is 2.82. The first-order chi connectivity index (χ1) is 10.2. The molecule has 0 aromatic heterocycles. The Hall–Kier alpha value is -3.00. The molecule has 0 radical (unpaired) electrons. The number of hydrogen-bond donors (Lipinski definition) is 1. The zero-order valence-electron chi connectivity index (χ0n) is 11.3. The lowest BCUT2D eigenvalue weighted by atomic mass is 10.1. The summed E-state index contributed by atoms with van der Waals surface area (Å²) in [5.41, 5.74) is 0.732. The Morgan fingerprint density at radius 3 is 2.52 bits per heavy atom. The standard InChI is InChI=1S/C16H13NO4/c1-20-14-8-7-12(9-13(14)18)15(10-17)21-16(19)11-5-3-2-4-6-11/h2-9,15,18H,1H3. The van der Waals surface area contributed by atoms with Gasteiger partial charge >= 0.3 is 5.97 Å². The highest BCUT2D eigenvalue weighted by Crippen LogP contribution is 2.30.